The third-order valence-electron chi connectivity index (χ3n) is 6.74. The first-order chi connectivity index (χ1) is 17.8. The van der Waals surface area contributed by atoms with Gasteiger partial charge in [-0.1, -0.05) is 33.1 Å². The van der Waals surface area contributed by atoms with E-state index in [9.17, 15) is 18.0 Å². The number of fused-ring (bicyclic) bond motifs is 1. The SMILES string of the molecule is CCCCC(CCC)NC(=O)c1nc2ccc(OC3CCN(c4ccc(C(F)(F)F)cc4)CC3)cc2o1. The highest BCUT2D eigenvalue weighted by molar-refractivity contribution is 5.92. The highest BCUT2D eigenvalue weighted by Gasteiger charge is 2.30. The van der Waals surface area contributed by atoms with E-state index in [-0.39, 0.29) is 23.9 Å². The normalized spacial score (nSPS) is 15.6. The number of nitrogens with zero attached hydrogens (tertiary/aromatic N) is 2. The quantitative estimate of drug-likeness (QED) is 0.314. The van der Waals surface area contributed by atoms with Crippen LogP contribution in [-0.2, 0) is 6.18 Å². The van der Waals surface area contributed by atoms with Crippen LogP contribution in [-0.4, -0.2) is 36.1 Å². The molecule has 2 aromatic carbocycles. The molecule has 1 amide bonds. The number of rotatable bonds is 10. The third-order valence-corrected chi connectivity index (χ3v) is 6.74. The first-order valence-electron chi connectivity index (χ1n) is 13.1. The Balaban J connectivity index is 1.33. The highest BCUT2D eigenvalue weighted by atomic mass is 19.4. The summed E-state index contributed by atoms with van der Waals surface area (Å²) in [6, 6.07) is 10.7. The lowest BCUT2D eigenvalue weighted by atomic mass is 10.1. The molecular formula is C28H34F3N3O3. The van der Waals surface area contributed by atoms with Crippen molar-refractivity contribution in [2.75, 3.05) is 18.0 Å². The standard InChI is InChI=1S/C28H34F3N3O3/c1-3-5-7-20(6-4-2)32-26(35)27-33-24-13-12-23(18-25(24)37-27)36-22-14-16-34(17-15-22)21-10-8-19(9-11-21)28(29,30)31/h8-13,18,20,22H,3-7,14-17H2,1-2H3,(H,32,35). The summed E-state index contributed by atoms with van der Waals surface area (Å²) >= 11 is 0. The van der Waals surface area contributed by atoms with Crippen molar-refractivity contribution < 1.29 is 27.1 Å². The molecular weight excluding hydrogens is 483 g/mol. The Hall–Kier alpha value is -3.23. The van der Waals surface area contributed by atoms with Gasteiger partial charge in [0.1, 0.15) is 17.4 Å². The fourth-order valence-electron chi connectivity index (χ4n) is 4.70. The summed E-state index contributed by atoms with van der Waals surface area (Å²) < 4.78 is 50.4. The molecule has 3 aromatic rings. The Morgan fingerprint density at radius 3 is 2.49 bits per heavy atom. The first-order valence-corrected chi connectivity index (χ1v) is 13.1. The minimum Gasteiger partial charge on any atom is -0.490 e. The molecule has 6 nitrogen and oxygen atoms in total. The van der Waals surface area contributed by atoms with E-state index in [0.717, 1.165) is 62.8 Å². The van der Waals surface area contributed by atoms with Gasteiger partial charge in [-0.15, -0.1) is 0 Å². The Morgan fingerprint density at radius 2 is 1.84 bits per heavy atom. The molecule has 1 unspecified atom stereocenters. The van der Waals surface area contributed by atoms with Crippen LogP contribution in [0.5, 0.6) is 5.75 Å². The maximum Gasteiger partial charge on any atom is 0.416 e. The van der Waals surface area contributed by atoms with Crippen LogP contribution >= 0.6 is 0 Å². The highest BCUT2D eigenvalue weighted by Crippen LogP contribution is 2.31. The second kappa shape index (κ2) is 11.9. The number of hydrogen-bond donors (Lipinski definition) is 1. The maximum absolute atomic E-state index is 12.8. The summed E-state index contributed by atoms with van der Waals surface area (Å²) in [5.41, 5.74) is 1.21. The molecule has 1 fully saturated rings. The largest absolute Gasteiger partial charge is 0.490 e. The van der Waals surface area contributed by atoms with E-state index >= 15 is 0 Å². The van der Waals surface area contributed by atoms with Crippen molar-refractivity contribution in [3.8, 4) is 5.75 Å². The van der Waals surface area contributed by atoms with Crippen LogP contribution in [0.15, 0.2) is 46.9 Å². The Morgan fingerprint density at radius 1 is 1.11 bits per heavy atom. The predicted octanol–water partition coefficient (Wildman–Crippen LogP) is 6.98. The average Bonchev–Trinajstić information content (AvgIpc) is 3.31. The Bertz CT molecular complexity index is 1170. The number of carbonyl (C=O) groups excluding carboxylic acids is 1. The van der Waals surface area contributed by atoms with Crippen molar-refractivity contribution in [2.45, 2.75) is 77.1 Å². The van der Waals surface area contributed by atoms with Crippen LogP contribution in [0, 0.1) is 0 Å². The molecule has 4 rings (SSSR count). The molecule has 9 heteroatoms. The van der Waals surface area contributed by atoms with Crippen molar-refractivity contribution in [1.82, 2.24) is 10.3 Å². The van der Waals surface area contributed by atoms with Crippen LogP contribution in [0.25, 0.3) is 11.1 Å². The zero-order valence-corrected chi connectivity index (χ0v) is 21.3. The van der Waals surface area contributed by atoms with Crippen molar-refractivity contribution in [2.24, 2.45) is 0 Å². The van der Waals surface area contributed by atoms with Gasteiger partial charge in [0.15, 0.2) is 5.58 Å². The number of hydrogen-bond acceptors (Lipinski definition) is 5. The first kappa shape index (κ1) is 26.8. The molecule has 1 aromatic heterocycles. The predicted molar refractivity (Wildman–Crippen MR) is 137 cm³/mol. The maximum atomic E-state index is 12.8. The van der Waals surface area contributed by atoms with Crippen LogP contribution in [0.3, 0.4) is 0 Å². The van der Waals surface area contributed by atoms with E-state index in [0.29, 0.717) is 29.9 Å². The van der Waals surface area contributed by atoms with Gasteiger partial charge in [0.05, 0.1) is 5.56 Å². The van der Waals surface area contributed by atoms with Crippen molar-refractivity contribution >= 4 is 22.7 Å². The summed E-state index contributed by atoms with van der Waals surface area (Å²) in [5.74, 6) is 0.383. The van der Waals surface area contributed by atoms with Crippen LogP contribution in [0.2, 0.25) is 0 Å². The number of carbonyl (C=O) groups is 1. The second-order valence-electron chi connectivity index (χ2n) is 9.60. The number of ether oxygens (including phenoxy) is 1. The topological polar surface area (TPSA) is 67.6 Å². The number of oxazole rings is 1. The summed E-state index contributed by atoms with van der Waals surface area (Å²) in [6.07, 6.45) is 2.10. The lowest BCUT2D eigenvalue weighted by molar-refractivity contribution is -0.137. The lowest BCUT2D eigenvalue weighted by Gasteiger charge is -2.33. The van der Waals surface area contributed by atoms with Gasteiger partial charge in [0.2, 0.25) is 0 Å². The van der Waals surface area contributed by atoms with Crippen molar-refractivity contribution in [3.05, 3.63) is 53.9 Å². The molecule has 1 atom stereocenters. The molecule has 0 aliphatic carbocycles. The smallest absolute Gasteiger partial charge is 0.416 e. The summed E-state index contributed by atoms with van der Waals surface area (Å²) in [7, 11) is 0. The van der Waals surface area contributed by atoms with E-state index < -0.39 is 11.7 Å². The van der Waals surface area contributed by atoms with Crippen molar-refractivity contribution in [1.29, 1.82) is 0 Å². The molecule has 37 heavy (non-hydrogen) atoms. The molecule has 200 valence electrons. The van der Waals surface area contributed by atoms with E-state index in [1.165, 1.54) is 12.1 Å². The van der Waals surface area contributed by atoms with Gasteiger partial charge >= 0.3 is 12.1 Å². The monoisotopic (exact) mass is 517 g/mol. The molecule has 0 spiro atoms. The number of aromatic nitrogens is 1. The number of piperidine rings is 1. The fourth-order valence-corrected chi connectivity index (χ4v) is 4.70. The van der Waals surface area contributed by atoms with Crippen LogP contribution < -0.4 is 15.0 Å². The molecule has 1 saturated heterocycles. The van der Waals surface area contributed by atoms with Gasteiger partial charge < -0.3 is 19.4 Å². The van der Waals surface area contributed by atoms with E-state index in [1.54, 1.807) is 12.1 Å². The molecule has 0 saturated carbocycles. The zero-order chi connectivity index (χ0) is 26.4. The molecule has 1 aliphatic rings. The molecule has 0 bridgehead atoms. The number of alkyl halides is 3. The third kappa shape index (κ3) is 6.96. The number of nitrogens with one attached hydrogen (secondary N) is 1. The average molecular weight is 518 g/mol. The number of unbranched alkanes of at least 4 members (excludes halogenated alkanes) is 1. The van der Waals surface area contributed by atoms with Gasteiger partial charge in [0, 0.05) is 43.7 Å². The number of benzene rings is 2. The van der Waals surface area contributed by atoms with Gasteiger partial charge in [-0.05, 0) is 49.2 Å². The Kier molecular flexibility index (Phi) is 8.61. The second-order valence-corrected chi connectivity index (χ2v) is 9.60. The van der Waals surface area contributed by atoms with E-state index in [1.807, 2.05) is 6.07 Å². The minimum absolute atomic E-state index is 0.0257. The van der Waals surface area contributed by atoms with E-state index in [4.69, 9.17) is 9.15 Å². The van der Waals surface area contributed by atoms with Gasteiger partial charge in [-0.2, -0.15) is 13.2 Å². The molecule has 2 heterocycles. The van der Waals surface area contributed by atoms with E-state index in [2.05, 4.69) is 29.0 Å². The van der Waals surface area contributed by atoms with Crippen LogP contribution in [0.1, 0.15) is 75.0 Å². The Labute approximate surface area is 215 Å². The molecule has 0 radical (unpaired) electrons. The van der Waals surface area contributed by atoms with Gasteiger partial charge in [0.25, 0.3) is 5.89 Å². The lowest BCUT2D eigenvalue weighted by Crippen LogP contribution is -2.38. The zero-order valence-electron chi connectivity index (χ0n) is 21.3. The molecule has 1 aliphatic heterocycles. The number of anilines is 1. The summed E-state index contributed by atoms with van der Waals surface area (Å²) in [6.45, 7) is 5.60. The van der Waals surface area contributed by atoms with Gasteiger partial charge in [-0.25, -0.2) is 4.98 Å². The van der Waals surface area contributed by atoms with Crippen molar-refractivity contribution in [3.63, 3.8) is 0 Å². The fraction of sp³-hybridized carbons (Fsp3) is 0.500. The summed E-state index contributed by atoms with van der Waals surface area (Å²) in [4.78, 5) is 19.1. The van der Waals surface area contributed by atoms with Gasteiger partial charge in [-0.3, -0.25) is 4.79 Å². The van der Waals surface area contributed by atoms with Crippen LogP contribution in [0.4, 0.5) is 18.9 Å². The minimum atomic E-state index is -4.33. The number of halogens is 3. The summed E-state index contributed by atoms with van der Waals surface area (Å²) in [5, 5.41) is 3.05. The molecule has 1 N–H and O–H groups in total. The number of amides is 1.